The van der Waals surface area contributed by atoms with Gasteiger partial charge in [0.05, 0.1) is 13.0 Å². The van der Waals surface area contributed by atoms with Crippen molar-refractivity contribution in [3.8, 4) is 0 Å². The number of methoxy groups -OCH3 is 1. The van der Waals surface area contributed by atoms with Gasteiger partial charge in [-0.2, -0.15) is 0 Å². The Morgan fingerprint density at radius 2 is 1.89 bits per heavy atom. The van der Waals surface area contributed by atoms with Gasteiger partial charge in [-0.1, -0.05) is 0 Å². The van der Waals surface area contributed by atoms with E-state index in [0.29, 0.717) is 19.8 Å². The van der Waals surface area contributed by atoms with E-state index in [1.807, 2.05) is 4.90 Å². The fourth-order valence-electron chi connectivity index (χ4n) is 2.74. The van der Waals surface area contributed by atoms with Gasteiger partial charge in [-0.05, 0) is 25.7 Å². The van der Waals surface area contributed by atoms with Crippen LogP contribution in [-0.2, 0) is 19.1 Å². The number of amides is 1. The predicted octanol–water partition coefficient (Wildman–Crippen LogP) is 0.825. The number of hydrogen-bond donors (Lipinski definition) is 0. The van der Waals surface area contributed by atoms with Gasteiger partial charge >= 0.3 is 5.97 Å². The fourth-order valence-corrected chi connectivity index (χ4v) is 2.74. The molecule has 2 aliphatic rings. The molecule has 102 valence electrons. The van der Waals surface area contributed by atoms with Crippen LogP contribution >= 0.6 is 0 Å². The quantitative estimate of drug-likeness (QED) is 0.686. The van der Waals surface area contributed by atoms with Crippen molar-refractivity contribution in [2.45, 2.75) is 25.7 Å². The number of hydrogen-bond acceptors (Lipinski definition) is 4. The molecule has 2 aliphatic heterocycles. The summed E-state index contributed by atoms with van der Waals surface area (Å²) in [5, 5.41) is 0. The molecule has 0 bridgehead atoms. The van der Waals surface area contributed by atoms with Crippen LogP contribution in [0.2, 0.25) is 0 Å². The summed E-state index contributed by atoms with van der Waals surface area (Å²) in [6.45, 7) is 2.63. The Bertz CT molecular complexity index is 312. The highest BCUT2D eigenvalue weighted by molar-refractivity contribution is 5.80. The highest BCUT2D eigenvalue weighted by Gasteiger charge is 2.32. The molecule has 2 fully saturated rings. The lowest BCUT2D eigenvalue weighted by atomic mass is 9.94. The molecule has 5 heteroatoms. The van der Waals surface area contributed by atoms with Crippen molar-refractivity contribution in [2.24, 2.45) is 11.8 Å². The number of likely N-dealkylation sites (tertiary alicyclic amines) is 1. The lowest BCUT2D eigenvalue weighted by molar-refractivity contribution is -0.150. The molecule has 2 saturated heterocycles. The largest absolute Gasteiger partial charge is 0.469 e. The molecule has 2 rings (SSSR count). The summed E-state index contributed by atoms with van der Waals surface area (Å²) < 4.78 is 10.0. The molecule has 1 unspecified atom stereocenters. The molecule has 0 aromatic rings. The summed E-state index contributed by atoms with van der Waals surface area (Å²) in [5.74, 6) is -0.0749. The average molecular weight is 255 g/mol. The summed E-state index contributed by atoms with van der Waals surface area (Å²) in [4.78, 5) is 25.7. The molecule has 0 N–H and O–H groups in total. The van der Waals surface area contributed by atoms with Crippen LogP contribution in [0.4, 0.5) is 0 Å². The standard InChI is InChI=1S/C13H21NO4/c1-17-13(16)11-3-2-6-14(9-11)12(15)10-4-7-18-8-5-10/h10-11H,2-9H2,1H3. The van der Waals surface area contributed by atoms with E-state index in [1.54, 1.807) is 0 Å². The third kappa shape index (κ3) is 3.02. The number of esters is 1. The topological polar surface area (TPSA) is 55.8 Å². The van der Waals surface area contributed by atoms with Crippen LogP contribution in [0, 0.1) is 11.8 Å². The van der Waals surface area contributed by atoms with E-state index in [0.717, 1.165) is 32.2 Å². The Hall–Kier alpha value is -1.10. The van der Waals surface area contributed by atoms with Gasteiger partial charge < -0.3 is 14.4 Å². The smallest absolute Gasteiger partial charge is 0.310 e. The van der Waals surface area contributed by atoms with Gasteiger partial charge in [0.2, 0.25) is 5.91 Å². The van der Waals surface area contributed by atoms with Gasteiger partial charge in [-0.25, -0.2) is 0 Å². The second-order valence-corrected chi connectivity index (χ2v) is 5.03. The molecule has 0 radical (unpaired) electrons. The first kappa shape index (κ1) is 13.3. The highest BCUT2D eigenvalue weighted by Crippen LogP contribution is 2.23. The molecular weight excluding hydrogens is 234 g/mol. The third-order valence-corrected chi connectivity index (χ3v) is 3.84. The van der Waals surface area contributed by atoms with Crippen molar-refractivity contribution in [1.29, 1.82) is 0 Å². The van der Waals surface area contributed by atoms with Crippen LogP contribution in [0.5, 0.6) is 0 Å². The lowest BCUT2D eigenvalue weighted by Gasteiger charge is -2.34. The number of carbonyl (C=O) groups excluding carboxylic acids is 2. The normalized spacial score (nSPS) is 25.8. The predicted molar refractivity (Wildman–Crippen MR) is 64.9 cm³/mol. The molecule has 2 heterocycles. The Labute approximate surface area is 107 Å². The highest BCUT2D eigenvalue weighted by atomic mass is 16.5. The van der Waals surface area contributed by atoms with Crippen molar-refractivity contribution < 1.29 is 19.1 Å². The van der Waals surface area contributed by atoms with Crippen molar-refractivity contribution in [3.05, 3.63) is 0 Å². The Morgan fingerprint density at radius 1 is 1.17 bits per heavy atom. The van der Waals surface area contributed by atoms with Gasteiger partial charge in [-0.3, -0.25) is 9.59 Å². The van der Waals surface area contributed by atoms with Crippen molar-refractivity contribution >= 4 is 11.9 Å². The van der Waals surface area contributed by atoms with Crippen molar-refractivity contribution in [3.63, 3.8) is 0 Å². The molecule has 0 aromatic carbocycles. The minimum absolute atomic E-state index is 0.0788. The van der Waals surface area contributed by atoms with Crippen molar-refractivity contribution in [2.75, 3.05) is 33.4 Å². The minimum atomic E-state index is -0.195. The molecule has 0 spiro atoms. The van der Waals surface area contributed by atoms with Gasteiger partial charge in [0, 0.05) is 32.2 Å². The molecule has 5 nitrogen and oxygen atoms in total. The zero-order valence-corrected chi connectivity index (χ0v) is 10.9. The first-order chi connectivity index (χ1) is 8.72. The van der Waals surface area contributed by atoms with E-state index in [4.69, 9.17) is 9.47 Å². The zero-order chi connectivity index (χ0) is 13.0. The van der Waals surface area contributed by atoms with Crippen molar-refractivity contribution in [1.82, 2.24) is 4.90 Å². The van der Waals surface area contributed by atoms with E-state index in [9.17, 15) is 9.59 Å². The Morgan fingerprint density at radius 3 is 2.56 bits per heavy atom. The molecule has 0 saturated carbocycles. The van der Waals surface area contributed by atoms with Gasteiger partial charge in [-0.15, -0.1) is 0 Å². The monoisotopic (exact) mass is 255 g/mol. The molecule has 1 amide bonds. The maximum absolute atomic E-state index is 12.3. The summed E-state index contributed by atoms with van der Waals surface area (Å²) in [7, 11) is 1.40. The first-order valence-corrected chi connectivity index (χ1v) is 6.66. The van der Waals surface area contributed by atoms with Crippen LogP contribution in [-0.4, -0.2) is 50.2 Å². The first-order valence-electron chi connectivity index (χ1n) is 6.66. The second kappa shape index (κ2) is 6.18. The van der Waals surface area contributed by atoms with E-state index in [2.05, 4.69) is 0 Å². The summed E-state index contributed by atoms with van der Waals surface area (Å²) in [6.07, 6.45) is 3.31. The van der Waals surface area contributed by atoms with E-state index in [1.165, 1.54) is 7.11 Å². The number of piperidine rings is 1. The van der Waals surface area contributed by atoms with Crippen LogP contribution in [0.25, 0.3) is 0 Å². The van der Waals surface area contributed by atoms with Crippen LogP contribution < -0.4 is 0 Å². The lowest BCUT2D eigenvalue weighted by Crippen LogP contribution is -2.46. The van der Waals surface area contributed by atoms with Gasteiger partial charge in [0.1, 0.15) is 0 Å². The fraction of sp³-hybridized carbons (Fsp3) is 0.846. The number of ether oxygens (including phenoxy) is 2. The minimum Gasteiger partial charge on any atom is -0.469 e. The van der Waals surface area contributed by atoms with Crippen LogP contribution in [0.15, 0.2) is 0 Å². The van der Waals surface area contributed by atoms with E-state index >= 15 is 0 Å². The average Bonchev–Trinajstić information content (AvgIpc) is 2.46. The Kier molecular flexibility index (Phi) is 4.58. The summed E-state index contributed by atoms with van der Waals surface area (Å²) in [6, 6.07) is 0. The molecule has 0 aromatic heterocycles. The van der Waals surface area contributed by atoms with Crippen LogP contribution in [0.1, 0.15) is 25.7 Å². The van der Waals surface area contributed by atoms with Crippen LogP contribution in [0.3, 0.4) is 0 Å². The maximum atomic E-state index is 12.3. The SMILES string of the molecule is COC(=O)C1CCCN(C(=O)C2CCOCC2)C1. The maximum Gasteiger partial charge on any atom is 0.310 e. The molecule has 18 heavy (non-hydrogen) atoms. The number of carbonyl (C=O) groups is 2. The van der Waals surface area contributed by atoms with E-state index < -0.39 is 0 Å². The Balaban J connectivity index is 1.91. The third-order valence-electron chi connectivity index (χ3n) is 3.84. The van der Waals surface area contributed by atoms with Gasteiger partial charge in [0.25, 0.3) is 0 Å². The second-order valence-electron chi connectivity index (χ2n) is 5.03. The number of rotatable bonds is 2. The van der Waals surface area contributed by atoms with E-state index in [-0.39, 0.29) is 23.7 Å². The molecule has 1 atom stereocenters. The van der Waals surface area contributed by atoms with Gasteiger partial charge in [0.15, 0.2) is 0 Å². The summed E-state index contributed by atoms with van der Waals surface area (Å²) in [5.41, 5.74) is 0. The number of nitrogens with zero attached hydrogens (tertiary/aromatic N) is 1. The molecule has 0 aliphatic carbocycles. The molecular formula is C13H21NO4. The summed E-state index contributed by atoms with van der Waals surface area (Å²) >= 11 is 0. The zero-order valence-electron chi connectivity index (χ0n) is 10.9.